The Balaban J connectivity index is 1.60. The number of para-hydroxylation sites is 1. The van der Waals surface area contributed by atoms with Crippen molar-refractivity contribution in [2.75, 3.05) is 32.8 Å². The van der Waals surface area contributed by atoms with E-state index in [1.807, 2.05) is 19.1 Å². The average molecular weight is 413 g/mol. The third-order valence-corrected chi connectivity index (χ3v) is 6.96. The summed E-state index contributed by atoms with van der Waals surface area (Å²) in [4.78, 5) is 14.3. The number of carbonyl (C=O) groups excluding carboxylic acids is 1. The van der Waals surface area contributed by atoms with E-state index >= 15 is 0 Å². The van der Waals surface area contributed by atoms with Crippen LogP contribution in [0.5, 0.6) is 5.75 Å². The summed E-state index contributed by atoms with van der Waals surface area (Å²) in [6.45, 7) is 4.58. The van der Waals surface area contributed by atoms with E-state index in [0.29, 0.717) is 34.9 Å². The van der Waals surface area contributed by atoms with Crippen LogP contribution in [0.25, 0.3) is 0 Å². The predicted molar refractivity (Wildman–Crippen MR) is 108 cm³/mol. The van der Waals surface area contributed by atoms with Crippen molar-refractivity contribution in [3.05, 3.63) is 59.2 Å². The van der Waals surface area contributed by atoms with Crippen LogP contribution < -0.4 is 4.74 Å². The summed E-state index contributed by atoms with van der Waals surface area (Å²) < 4.78 is 32.8. The predicted octanol–water partition coefficient (Wildman–Crippen LogP) is 2.09. The fourth-order valence-electron chi connectivity index (χ4n) is 3.32. The maximum atomic E-state index is 12.9. The molecule has 0 aromatic heterocycles. The van der Waals surface area contributed by atoms with Crippen LogP contribution in [-0.4, -0.2) is 56.3 Å². The minimum Gasteiger partial charge on any atom is -0.482 e. The zero-order valence-corrected chi connectivity index (χ0v) is 17.3. The first kappa shape index (κ1) is 20.8. The molecule has 0 spiro atoms. The van der Waals surface area contributed by atoms with Crippen LogP contribution in [0.4, 0.5) is 0 Å². The smallest absolute Gasteiger partial charge is 0.260 e. The van der Waals surface area contributed by atoms with Gasteiger partial charge in [-0.15, -0.1) is 0 Å². The van der Waals surface area contributed by atoms with Gasteiger partial charge in [0.25, 0.3) is 5.91 Å². The van der Waals surface area contributed by atoms with Gasteiger partial charge in [-0.2, -0.15) is 9.57 Å². The molecule has 1 amide bonds. The van der Waals surface area contributed by atoms with Gasteiger partial charge in [0.15, 0.2) is 6.61 Å². The number of nitrogens with zero attached hydrogens (tertiary/aromatic N) is 3. The number of hydrogen-bond donors (Lipinski definition) is 0. The quantitative estimate of drug-likeness (QED) is 0.749. The number of benzene rings is 2. The molecule has 0 saturated carbocycles. The first-order valence-corrected chi connectivity index (χ1v) is 10.7. The first-order chi connectivity index (χ1) is 13.8. The summed E-state index contributed by atoms with van der Waals surface area (Å²) in [5.74, 6) is 0.126. The van der Waals surface area contributed by atoms with Crippen molar-refractivity contribution in [3.8, 4) is 11.8 Å². The van der Waals surface area contributed by atoms with Crippen molar-refractivity contribution in [1.29, 1.82) is 5.26 Å². The number of sulfonamides is 1. The van der Waals surface area contributed by atoms with Crippen molar-refractivity contribution in [3.63, 3.8) is 0 Å². The fourth-order valence-corrected chi connectivity index (χ4v) is 4.95. The summed E-state index contributed by atoms with van der Waals surface area (Å²) in [7, 11) is -3.59. The number of carbonyl (C=O) groups is 1. The van der Waals surface area contributed by atoms with Crippen LogP contribution in [0.2, 0.25) is 0 Å². The maximum absolute atomic E-state index is 12.9. The van der Waals surface area contributed by atoms with E-state index in [4.69, 9.17) is 10.00 Å². The highest BCUT2D eigenvalue weighted by Gasteiger charge is 2.31. The van der Waals surface area contributed by atoms with Gasteiger partial charge in [-0.05, 0) is 37.6 Å². The van der Waals surface area contributed by atoms with Gasteiger partial charge in [-0.3, -0.25) is 4.79 Å². The fraction of sp³-hybridized carbons (Fsp3) is 0.333. The molecule has 1 aliphatic rings. The van der Waals surface area contributed by atoms with Crippen LogP contribution in [0.3, 0.4) is 0 Å². The molecular formula is C21H23N3O4S. The second-order valence-corrected chi connectivity index (χ2v) is 8.86. The van der Waals surface area contributed by atoms with E-state index in [1.165, 1.54) is 4.31 Å². The van der Waals surface area contributed by atoms with Crippen molar-refractivity contribution in [2.24, 2.45) is 0 Å². The summed E-state index contributed by atoms with van der Waals surface area (Å²) >= 11 is 0. The van der Waals surface area contributed by atoms with Gasteiger partial charge in [0.2, 0.25) is 10.0 Å². The molecule has 3 rings (SSSR count). The molecule has 1 saturated heterocycles. The number of hydrogen-bond acceptors (Lipinski definition) is 5. The molecule has 0 radical (unpaired) electrons. The van der Waals surface area contributed by atoms with E-state index in [-0.39, 0.29) is 25.6 Å². The monoisotopic (exact) mass is 413 g/mol. The Kier molecular flexibility index (Phi) is 6.20. The molecule has 1 fully saturated rings. The van der Waals surface area contributed by atoms with Gasteiger partial charge in [-0.25, -0.2) is 8.42 Å². The van der Waals surface area contributed by atoms with Gasteiger partial charge in [0.05, 0.1) is 10.5 Å². The van der Waals surface area contributed by atoms with E-state index in [1.54, 1.807) is 48.2 Å². The van der Waals surface area contributed by atoms with E-state index in [2.05, 4.69) is 0 Å². The van der Waals surface area contributed by atoms with Gasteiger partial charge in [0, 0.05) is 26.2 Å². The minimum atomic E-state index is -3.59. The molecule has 0 atom stereocenters. The zero-order valence-electron chi connectivity index (χ0n) is 16.5. The molecule has 1 aliphatic heterocycles. The molecule has 29 heavy (non-hydrogen) atoms. The second kappa shape index (κ2) is 8.64. The van der Waals surface area contributed by atoms with Gasteiger partial charge in [0.1, 0.15) is 11.8 Å². The Morgan fingerprint density at radius 2 is 1.79 bits per heavy atom. The largest absolute Gasteiger partial charge is 0.482 e. The summed E-state index contributed by atoms with van der Waals surface area (Å²) in [6, 6.07) is 14.0. The SMILES string of the molecule is Cc1ccc(S(=O)(=O)N2CCN(C(=O)COc3ccccc3C#N)CC2)c(C)c1. The van der Waals surface area contributed by atoms with Crippen molar-refractivity contribution in [2.45, 2.75) is 18.7 Å². The highest BCUT2D eigenvalue weighted by Crippen LogP contribution is 2.22. The first-order valence-electron chi connectivity index (χ1n) is 9.30. The molecule has 2 aromatic carbocycles. The van der Waals surface area contributed by atoms with Crippen LogP contribution in [-0.2, 0) is 14.8 Å². The van der Waals surface area contributed by atoms with Gasteiger partial charge in [-0.1, -0.05) is 29.8 Å². The van der Waals surface area contributed by atoms with Gasteiger partial charge >= 0.3 is 0 Å². The molecular weight excluding hydrogens is 390 g/mol. The normalized spacial score (nSPS) is 15.0. The Hall–Kier alpha value is -2.89. The molecule has 0 N–H and O–H groups in total. The van der Waals surface area contributed by atoms with E-state index in [0.717, 1.165) is 5.56 Å². The molecule has 0 aliphatic carbocycles. The van der Waals surface area contributed by atoms with Crippen LogP contribution >= 0.6 is 0 Å². The lowest BCUT2D eigenvalue weighted by atomic mass is 10.2. The van der Waals surface area contributed by atoms with Crippen LogP contribution in [0.15, 0.2) is 47.4 Å². The molecule has 0 unspecified atom stereocenters. The maximum Gasteiger partial charge on any atom is 0.260 e. The molecule has 152 valence electrons. The molecule has 1 heterocycles. The minimum absolute atomic E-state index is 0.192. The molecule has 0 bridgehead atoms. The number of ether oxygens (including phenoxy) is 1. The lowest BCUT2D eigenvalue weighted by Gasteiger charge is -2.34. The Morgan fingerprint density at radius 1 is 1.10 bits per heavy atom. The Morgan fingerprint density at radius 3 is 2.45 bits per heavy atom. The molecule has 8 heteroatoms. The summed E-state index contributed by atoms with van der Waals surface area (Å²) in [5, 5.41) is 9.08. The topological polar surface area (TPSA) is 90.7 Å². The zero-order chi connectivity index (χ0) is 21.0. The van der Waals surface area contributed by atoms with E-state index < -0.39 is 10.0 Å². The number of amides is 1. The number of piperazine rings is 1. The Bertz CT molecular complexity index is 1050. The number of rotatable bonds is 5. The van der Waals surface area contributed by atoms with Gasteiger partial charge < -0.3 is 9.64 Å². The van der Waals surface area contributed by atoms with Crippen molar-refractivity contribution in [1.82, 2.24) is 9.21 Å². The molecule has 2 aromatic rings. The lowest BCUT2D eigenvalue weighted by molar-refractivity contribution is -0.134. The molecule has 7 nitrogen and oxygen atoms in total. The number of nitriles is 1. The highest BCUT2D eigenvalue weighted by molar-refractivity contribution is 7.89. The summed E-state index contributed by atoms with van der Waals surface area (Å²) in [5.41, 5.74) is 2.09. The average Bonchev–Trinajstić information content (AvgIpc) is 2.72. The lowest BCUT2D eigenvalue weighted by Crippen LogP contribution is -2.51. The van der Waals surface area contributed by atoms with Crippen molar-refractivity contribution >= 4 is 15.9 Å². The van der Waals surface area contributed by atoms with Crippen molar-refractivity contribution < 1.29 is 17.9 Å². The highest BCUT2D eigenvalue weighted by atomic mass is 32.2. The third-order valence-electron chi connectivity index (χ3n) is 4.90. The second-order valence-electron chi connectivity index (χ2n) is 6.95. The van der Waals surface area contributed by atoms with Crippen LogP contribution in [0.1, 0.15) is 16.7 Å². The standard InChI is InChI=1S/C21H23N3O4S/c1-16-7-8-20(17(2)13-16)29(26,27)24-11-9-23(10-12-24)21(25)15-28-19-6-4-3-5-18(19)14-22/h3-8,13H,9-12,15H2,1-2H3. The van der Waals surface area contributed by atoms with E-state index in [9.17, 15) is 13.2 Å². The summed E-state index contributed by atoms with van der Waals surface area (Å²) in [6.07, 6.45) is 0. The number of aryl methyl sites for hydroxylation is 2. The van der Waals surface area contributed by atoms with Crippen LogP contribution in [0, 0.1) is 25.2 Å². The Labute approximate surface area is 171 Å². The third kappa shape index (κ3) is 4.58.